The average molecular weight is 507 g/mol. The van der Waals surface area contributed by atoms with E-state index in [0.29, 0.717) is 5.75 Å². The summed E-state index contributed by atoms with van der Waals surface area (Å²) in [5.41, 5.74) is 11.2. The maximum atomic E-state index is 12.6. The Morgan fingerprint density at radius 2 is 2.03 bits per heavy atom. The average Bonchev–Trinajstić information content (AvgIpc) is 3.50. The number of amides is 1. The van der Waals surface area contributed by atoms with Crippen LogP contribution in [0.25, 0.3) is 0 Å². The second kappa shape index (κ2) is 10.8. The summed E-state index contributed by atoms with van der Waals surface area (Å²) in [4.78, 5) is 14.7. The highest BCUT2D eigenvalue weighted by molar-refractivity contribution is 8.14. The van der Waals surface area contributed by atoms with Crippen molar-refractivity contribution >= 4 is 28.5 Å². The highest BCUT2D eigenvalue weighted by Crippen LogP contribution is 2.35. The Hall–Kier alpha value is -3.17. The maximum Gasteiger partial charge on any atom is 0.234 e. The first kappa shape index (κ1) is 24.5. The molecule has 3 aliphatic rings. The van der Waals surface area contributed by atoms with Gasteiger partial charge in [0, 0.05) is 18.1 Å². The third kappa shape index (κ3) is 5.32. The molecule has 1 saturated heterocycles. The van der Waals surface area contributed by atoms with E-state index in [2.05, 4.69) is 68.6 Å². The van der Waals surface area contributed by atoms with Crippen molar-refractivity contribution in [3.8, 4) is 5.75 Å². The number of benzene rings is 2. The summed E-state index contributed by atoms with van der Waals surface area (Å²) >= 11 is 1.45. The van der Waals surface area contributed by atoms with Gasteiger partial charge in [-0.25, -0.2) is 5.43 Å². The highest BCUT2D eigenvalue weighted by Gasteiger charge is 2.44. The van der Waals surface area contributed by atoms with Crippen LogP contribution in [0.2, 0.25) is 0 Å². The molecule has 5 rings (SSSR count). The molecule has 3 unspecified atom stereocenters. The van der Waals surface area contributed by atoms with Gasteiger partial charge in [0.15, 0.2) is 5.17 Å². The summed E-state index contributed by atoms with van der Waals surface area (Å²) in [6, 6.07) is 14.9. The number of unbranched alkanes of at least 4 members (excludes halogenated alkanes) is 1. The number of carbonyl (C=O) groups excluding carboxylic acids is 1. The van der Waals surface area contributed by atoms with Crippen molar-refractivity contribution in [1.29, 1.82) is 0 Å². The number of fused-ring (bicyclic) bond motifs is 3. The molecule has 2 aromatic carbocycles. The molecule has 0 aliphatic carbocycles. The maximum absolute atomic E-state index is 12.6. The van der Waals surface area contributed by atoms with Crippen LogP contribution in [0.4, 0.5) is 5.69 Å². The van der Waals surface area contributed by atoms with Crippen LogP contribution in [0.5, 0.6) is 5.75 Å². The molecule has 9 heteroatoms. The standard InChI is InChI=1S/C27H34N6O2S/c1-4-5-14-35-21-10-8-20(9-11-21)23-16-24-26-29-30-27(32(26)12-13-33(24)31-23)36-17-25(34)28-22-15-18(2)6-7-19(22)3/h6-13,15,23-24,26,29,31H,4-5,14,16-17H2,1-3H3,(H,28,34). The minimum atomic E-state index is -0.0350. The van der Waals surface area contributed by atoms with Crippen LogP contribution in [0.15, 0.2) is 60.0 Å². The molecule has 3 atom stereocenters. The molecule has 3 N–H and O–H groups in total. The van der Waals surface area contributed by atoms with E-state index in [1.54, 1.807) is 0 Å². The quantitative estimate of drug-likeness (QED) is 0.456. The first-order chi connectivity index (χ1) is 17.5. The van der Waals surface area contributed by atoms with Crippen LogP contribution in [0.1, 0.15) is 48.9 Å². The van der Waals surface area contributed by atoms with E-state index >= 15 is 0 Å². The summed E-state index contributed by atoms with van der Waals surface area (Å²) in [5.74, 6) is 1.18. The first-order valence-corrected chi connectivity index (χ1v) is 13.6. The van der Waals surface area contributed by atoms with Crippen molar-refractivity contribution in [3.63, 3.8) is 0 Å². The van der Waals surface area contributed by atoms with Gasteiger partial charge in [0.2, 0.25) is 5.91 Å². The second-order valence-corrected chi connectivity index (χ2v) is 10.4. The van der Waals surface area contributed by atoms with Gasteiger partial charge in [-0.1, -0.05) is 49.4 Å². The number of rotatable bonds is 8. The number of ether oxygens (including phenoxy) is 1. The molecular weight excluding hydrogens is 472 g/mol. The number of amidine groups is 1. The highest BCUT2D eigenvalue weighted by atomic mass is 32.2. The molecule has 3 heterocycles. The smallest absolute Gasteiger partial charge is 0.234 e. The molecule has 2 aromatic rings. The lowest BCUT2D eigenvalue weighted by molar-refractivity contribution is -0.113. The summed E-state index contributed by atoms with van der Waals surface area (Å²) in [6.45, 7) is 6.95. The molecule has 0 spiro atoms. The lowest BCUT2D eigenvalue weighted by Gasteiger charge is -2.36. The number of nitrogens with zero attached hydrogens (tertiary/aromatic N) is 3. The van der Waals surface area contributed by atoms with Gasteiger partial charge in [0.1, 0.15) is 11.9 Å². The number of hydrogen-bond donors (Lipinski definition) is 3. The van der Waals surface area contributed by atoms with Crippen LogP contribution in [-0.4, -0.2) is 45.6 Å². The molecule has 1 fully saturated rings. The Bertz CT molecular complexity index is 1150. The van der Waals surface area contributed by atoms with E-state index in [1.165, 1.54) is 17.3 Å². The predicted octanol–water partition coefficient (Wildman–Crippen LogP) is 4.46. The Morgan fingerprint density at radius 1 is 1.19 bits per heavy atom. The van der Waals surface area contributed by atoms with Gasteiger partial charge in [0.05, 0.1) is 24.4 Å². The third-order valence-electron chi connectivity index (χ3n) is 6.75. The molecule has 0 saturated carbocycles. The largest absolute Gasteiger partial charge is 0.494 e. The predicted molar refractivity (Wildman–Crippen MR) is 145 cm³/mol. The van der Waals surface area contributed by atoms with Gasteiger partial charge in [0.25, 0.3) is 0 Å². The monoisotopic (exact) mass is 506 g/mol. The number of nitrogens with one attached hydrogen (secondary N) is 3. The Kier molecular flexibility index (Phi) is 7.38. The first-order valence-electron chi connectivity index (χ1n) is 12.6. The molecule has 1 amide bonds. The summed E-state index contributed by atoms with van der Waals surface area (Å²) in [5, 5.41) is 10.6. The summed E-state index contributed by atoms with van der Waals surface area (Å²) in [6.07, 6.45) is 7.24. The van der Waals surface area contributed by atoms with Gasteiger partial charge >= 0.3 is 0 Å². The number of hydrazone groups is 1. The molecule has 190 valence electrons. The van der Waals surface area contributed by atoms with Crippen molar-refractivity contribution < 1.29 is 9.53 Å². The fourth-order valence-corrected chi connectivity index (χ4v) is 5.46. The zero-order valence-electron chi connectivity index (χ0n) is 21.0. The zero-order chi connectivity index (χ0) is 25.1. The Labute approximate surface area is 217 Å². The van der Waals surface area contributed by atoms with Gasteiger partial charge in [-0.2, -0.15) is 5.10 Å². The molecule has 0 radical (unpaired) electrons. The Morgan fingerprint density at radius 3 is 2.83 bits per heavy atom. The third-order valence-corrected chi connectivity index (χ3v) is 7.72. The van der Waals surface area contributed by atoms with E-state index in [0.717, 1.165) is 53.6 Å². The van der Waals surface area contributed by atoms with E-state index < -0.39 is 0 Å². The van der Waals surface area contributed by atoms with Crippen molar-refractivity contribution in [2.75, 3.05) is 17.7 Å². The van der Waals surface area contributed by atoms with E-state index in [9.17, 15) is 4.79 Å². The minimum absolute atomic E-state index is 0.0220. The topological polar surface area (TPSA) is 81.2 Å². The summed E-state index contributed by atoms with van der Waals surface area (Å²) in [7, 11) is 0. The van der Waals surface area contributed by atoms with Crippen LogP contribution in [0, 0.1) is 13.8 Å². The molecule has 36 heavy (non-hydrogen) atoms. The van der Waals surface area contributed by atoms with Gasteiger partial charge in [-0.3, -0.25) is 10.2 Å². The zero-order valence-corrected chi connectivity index (χ0v) is 21.8. The van der Waals surface area contributed by atoms with Crippen LogP contribution < -0.4 is 20.9 Å². The van der Waals surface area contributed by atoms with Gasteiger partial charge in [-0.05, 0) is 61.6 Å². The van der Waals surface area contributed by atoms with Crippen LogP contribution in [0.3, 0.4) is 0 Å². The van der Waals surface area contributed by atoms with E-state index in [1.807, 2.05) is 38.2 Å². The number of aryl methyl sites for hydroxylation is 2. The molecular formula is C27H34N6O2S. The number of hydrazine groups is 1. The second-order valence-electron chi connectivity index (χ2n) is 9.49. The van der Waals surface area contributed by atoms with Gasteiger partial charge in [-0.15, -0.1) is 0 Å². The number of thioether (sulfide) groups is 1. The lowest BCUT2D eigenvalue weighted by Crippen LogP contribution is -2.54. The van der Waals surface area contributed by atoms with E-state index in [4.69, 9.17) is 4.74 Å². The minimum Gasteiger partial charge on any atom is -0.494 e. The molecule has 3 aliphatic heterocycles. The van der Waals surface area contributed by atoms with Crippen molar-refractivity contribution in [3.05, 3.63) is 71.6 Å². The Balaban J connectivity index is 1.15. The molecule has 0 bridgehead atoms. The normalized spacial score (nSPS) is 22.1. The fraction of sp³-hybridized carbons (Fsp3) is 0.407. The fourth-order valence-electron chi connectivity index (χ4n) is 4.68. The van der Waals surface area contributed by atoms with E-state index in [-0.39, 0.29) is 24.2 Å². The van der Waals surface area contributed by atoms with Crippen LogP contribution >= 0.6 is 11.8 Å². The molecule has 8 nitrogen and oxygen atoms in total. The van der Waals surface area contributed by atoms with Gasteiger partial charge < -0.3 is 20.0 Å². The van der Waals surface area contributed by atoms with Crippen molar-refractivity contribution in [2.24, 2.45) is 5.10 Å². The number of hydrogen-bond acceptors (Lipinski definition) is 8. The van der Waals surface area contributed by atoms with Crippen LogP contribution in [-0.2, 0) is 4.79 Å². The number of carbonyl (C=O) groups is 1. The summed E-state index contributed by atoms with van der Waals surface area (Å²) < 4.78 is 5.81. The molecule has 0 aromatic heterocycles. The SMILES string of the molecule is CCCCOc1ccc(C2CC3C4NN=C(SCC(=O)Nc5cc(C)ccc5C)N4C=CN3N2)cc1. The van der Waals surface area contributed by atoms with Crippen molar-refractivity contribution in [1.82, 2.24) is 20.8 Å². The lowest BCUT2D eigenvalue weighted by atomic mass is 10.00. The number of anilines is 1. The van der Waals surface area contributed by atoms with Crippen molar-refractivity contribution in [2.45, 2.75) is 58.3 Å².